The monoisotopic (exact) mass is 239 g/mol. The van der Waals surface area contributed by atoms with Crippen molar-refractivity contribution in [3.05, 3.63) is 24.5 Å². The molecular weight excluding hydrogens is 226 g/mol. The molecule has 86 valence electrons. The van der Waals surface area contributed by atoms with Crippen LogP contribution in [0.5, 0.6) is 0 Å². The third-order valence-corrected chi connectivity index (χ3v) is 3.61. The summed E-state index contributed by atoms with van der Waals surface area (Å²) in [6.45, 7) is 0. The van der Waals surface area contributed by atoms with Crippen LogP contribution < -0.4 is 0 Å². The molecule has 1 aliphatic rings. The van der Waals surface area contributed by atoms with Gasteiger partial charge in [0, 0.05) is 23.0 Å². The Morgan fingerprint density at radius 2 is 2.25 bits per heavy atom. The smallest absolute Gasteiger partial charge is 0.332 e. The average Bonchev–Trinajstić information content (AvgIpc) is 2.76. The van der Waals surface area contributed by atoms with Crippen molar-refractivity contribution in [1.29, 1.82) is 0 Å². The normalized spacial score (nSPS) is 24.5. The van der Waals surface area contributed by atoms with E-state index in [-0.39, 0.29) is 6.10 Å². The number of ether oxygens (including phenoxy) is 1. The van der Waals surface area contributed by atoms with Crippen LogP contribution in [0.1, 0.15) is 12.8 Å². The zero-order valence-corrected chi connectivity index (χ0v) is 9.52. The first-order chi connectivity index (χ1) is 7.75. The maximum Gasteiger partial charge on any atom is 0.332 e. The van der Waals surface area contributed by atoms with Crippen molar-refractivity contribution in [1.82, 2.24) is 4.98 Å². The highest BCUT2D eigenvalue weighted by atomic mass is 32.2. The highest BCUT2D eigenvalue weighted by Crippen LogP contribution is 2.26. The van der Waals surface area contributed by atoms with E-state index in [1.807, 2.05) is 12.1 Å². The predicted octanol–water partition coefficient (Wildman–Crippen LogP) is 1.81. The molecule has 1 aromatic rings. The van der Waals surface area contributed by atoms with Crippen molar-refractivity contribution in [2.24, 2.45) is 0 Å². The predicted molar refractivity (Wildman–Crippen MR) is 60.5 cm³/mol. The molecule has 0 spiro atoms. The Morgan fingerprint density at radius 3 is 2.88 bits per heavy atom. The number of hydrogen-bond donors (Lipinski definition) is 1. The first-order valence-corrected chi connectivity index (χ1v) is 6.15. The second-order valence-electron chi connectivity index (χ2n) is 3.66. The second-order valence-corrected chi connectivity index (χ2v) is 4.75. The van der Waals surface area contributed by atoms with Gasteiger partial charge in [-0.05, 0) is 25.0 Å². The zero-order valence-electron chi connectivity index (χ0n) is 8.70. The van der Waals surface area contributed by atoms with E-state index in [0.717, 1.165) is 17.1 Å². The van der Waals surface area contributed by atoms with Gasteiger partial charge in [0.2, 0.25) is 0 Å². The number of pyridine rings is 1. The van der Waals surface area contributed by atoms with Crippen LogP contribution in [0, 0.1) is 0 Å². The molecule has 2 unspecified atom stereocenters. The second kappa shape index (κ2) is 5.32. The van der Waals surface area contributed by atoms with Crippen LogP contribution in [0.15, 0.2) is 29.4 Å². The fourth-order valence-corrected chi connectivity index (χ4v) is 2.57. The van der Waals surface area contributed by atoms with Crippen LogP contribution in [0.2, 0.25) is 0 Å². The molecule has 0 radical (unpaired) electrons. The van der Waals surface area contributed by atoms with E-state index in [2.05, 4.69) is 4.98 Å². The van der Waals surface area contributed by atoms with E-state index >= 15 is 0 Å². The maximum absolute atomic E-state index is 10.7. The molecule has 2 atom stereocenters. The number of carboxylic acids is 1. The van der Waals surface area contributed by atoms with Crippen molar-refractivity contribution in [3.8, 4) is 0 Å². The van der Waals surface area contributed by atoms with Gasteiger partial charge >= 0.3 is 5.97 Å². The SMILES string of the molecule is O=C(O)C1CCC(CSc2ccncc2)O1. The van der Waals surface area contributed by atoms with E-state index in [0.29, 0.717) is 6.42 Å². The van der Waals surface area contributed by atoms with Gasteiger partial charge < -0.3 is 9.84 Å². The molecule has 0 aromatic carbocycles. The summed E-state index contributed by atoms with van der Waals surface area (Å²) in [5, 5.41) is 8.78. The lowest BCUT2D eigenvalue weighted by atomic mass is 10.2. The number of carboxylic acid groups (broad SMARTS) is 1. The first-order valence-electron chi connectivity index (χ1n) is 5.17. The number of aromatic nitrogens is 1. The molecule has 4 nitrogen and oxygen atoms in total. The Labute approximate surface area is 98.0 Å². The van der Waals surface area contributed by atoms with Gasteiger partial charge in [0.25, 0.3) is 0 Å². The average molecular weight is 239 g/mol. The van der Waals surface area contributed by atoms with Crippen molar-refractivity contribution in [2.45, 2.75) is 29.9 Å². The zero-order chi connectivity index (χ0) is 11.4. The largest absolute Gasteiger partial charge is 0.479 e. The Morgan fingerprint density at radius 1 is 1.50 bits per heavy atom. The van der Waals surface area contributed by atoms with Crippen LogP contribution in [0.25, 0.3) is 0 Å². The van der Waals surface area contributed by atoms with Gasteiger partial charge in [0.05, 0.1) is 6.10 Å². The number of rotatable bonds is 4. The maximum atomic E-state index is 10.7. The summed E-state index contributed by atoms with van der Waals surface area (Å²) in [5.74, 6) is -0.0511. The van der Waals surface area contributed by atoms with Crippen molar-refractivity contribution in [3.63, 3.8) is 0 Å². The van der Waals surface area contributed by atoms with Crippen LogP contribution in [0.4, 0.5) is 0 Å². The van der Waals surface area contributed by atoms with Gasteiger partial charge in [-0.25, -0.2) is 4.79 Å². The highest BCUT2D eigenvalue weighted by Gasteiger charge is 2.30. The van der Waals surface area contributed by atoms with Crippen molar-refractivity contribution in [2.75, 3.05) is 5.75 Å². The molecule has 16 heavy (non-hydrogen) atoms. The molecule has 0 amide bonds. The Hall–Kier alpha value is -1.07. The van der Waals surface area contributed by atoms with Gasteiger partial charge in [-0.2, -0.15) is 0 Å². The minimum absolute atomic E-state index is 0.0549. The molecule has 2 heterocycles. The third kappa shape index (κ3) is 2.96. The minimum atomic E-state index is -0.851. The van der Waals surface area contributed by atoms with Gasteiger partial charge in [-0.15, -0.1) is 11.8 Å². The lowest BCUT2D eigenvalue weighted by Crippen LogP contribution is -2.21. The molecule has 2 rings (SSSR count). The molecule has 1 saturated heterocycles. The van der Waals surface area contributed by atoms with Gasteiger partial charge in [0.1, 0.15) is 0 Å². The fourth-order valence-electron chi connectivity index (χ4n) is 1.63. The number of hydrogen-bond acceptors (Lipinski definition) is 4. The summed E-state index contributed by atoms with van der Waals surface area (Å²) in [6.07, 6.45) is 4.39. The summed E-state index contributed by atoms with van der Waals surface area (Å²) in [5.41, 5.74) is 0. The van der Waals surface area contributed by atoms with Gasteiger partial charge in [0.15, 0.2) is 6.10 Å². The van der Waals surface area contributed by atoms with Crippen LogP contribution in [-0.4, -0.2) is 34.0 Å². The summed E-state index contributed by atoms with van der Waals surface area (Å²) in [6, 6.07) is 3.88. The van der Waals surface area contributed by atoms with Crippen LogP contribution in [-0.2, 0) is 9.53 Å². The molecule has 0 bridgehead atoms. The Kier molecular flexibility index (Phi) is 3.79. The number of aliphatic carboxylic acids is 1. The summed E-state index contributed by atoms with van der Waals surface area (Å²) >= 11 is 1.67. The highest BCUT2D eigenvalue weighted by molar-refractivity contribution is 7.99. The van der Waals surface area contributed by atoms with Crippen molar-refractivity contribution < 1.29 is 14.6 Å². The van der Waals surface area contributed by atoms with E-state index < -0.39 is 12.1 Å². The van der Waals surface area contributed by atoms with E-state index in [4.69, 9.17) is 9.84 Å². The fraction of sp³-hybridized carbons (Fsp3) is 0.455. The van der Waals surface area contributed by atoms with Gasteiger partial charge in [-0.3, -0.25) is 4.98 Å². The number of carbonyl (C=O) groups is 1. The topological polar surface area (TPSA) is 59.4 Å². The van der Waals surface area contributed by atoms with E-state index in [1.54, 1.807) is 24.2 Å². The summed E-state index contributed by atoms with van der Waals surface area (Å²) < 4.78 is 5.41. The summed E-state index contributed by atoms with van der Waals surface area (Å²) in [7, 11) is 0. The molecule has 1 N–H and O–H groups in total. The van der Waals surface area contributed by atoms with Crippen LogP contribution >= 0.6 is 11.8 Å². The lowest BCUT2D eigenvalue weighted by Gasteiger charge is -2.10. The van der Waals surface area contributed by atoms with E-state index in [1.165, 1.54) is 0 Å². The standard InChI is InChI=1S/C11H13NO3S/c13-11(14)10-2-1-8(15-10)7-16-9-3-5-12-6-4-9/h3-6,8,10H,1-2,7H2,(H,13,14). The molecule has 0 saturated carbocycles. The Balaban J connectivity index is 1.78. The molecule has 1 aromatic heterocycles. The number of thioether (sulfide) groups is 1. The van der Waals surface area contributed by atoms with E-state index in [9.17, 15) is 4.79 Å². The molecule has 1 fully saturated rings. The molecule has 1 aliphatic heterocycles. The summed E-state index contributed by atoms with van der Waals surface area (Å²) in [4.78, 5) is 15.8. The number of nitrogens with zero attached hydrogens (tertiary/aromatic N) is 1. The van der Waals surface area contributed by atoms with Crippen LogP contribution in [0.3, 0.4) is 0 Å². The quantitative estimate of drug-likeness (QED) is 0.812. The lowest BCUT2D eigenvalue weighted by molar-refractivity contribution is -0.148. The first kappa shape index (κ1) is 11.4. The van der Waals surface area contributed by atoms with Crippen molar-refractivity contribution >= 4 is 17.7 Å². The van der Waals surface area contributed by atoms with Gasteiger partial charge in [-0.1, -0.05) is 0 Å². The minimum Gasteiger partial charge on any atom is -0.479 e. The third-order valence-electron chi connectivity index (χ3n) is 2.47. The molecule has 5 heteroatoms. The Bertz CT molecular complexity index is 358. The molecule has 0 aliphatic carbocycles. The molecular formula is C11H13NO3S.